The summed E-state index contributed by atoms with van der Waals surface area (Å²) in [6, 6.07) is 0. The van der Waals surface area contributed by atoms with Crippen molar-refractivity contribution in [2.45, 2.75) is 252 Å². The van der Waals surface area contributed by atoms with Gasteiger partial charge in [-0.2, -0.15) is 0 Å². The van der Waals surface area contributed by atoms with E-state index in [-0.39, 0.29) is 0 Å². The van der Waals surface area contributed by atoms with E-state index in [0.29, 0.717) is 0 Å². The molecule has 0 spiro atoms. The average molecular weight is 616 g/mol. The van der Waals surface area contributed by atoms with Crippen molar-refractivity contribution in [3.05, 3.63) is 18.2 Å². The van der Waals surface area contributed by atoms with Crippen molar-refractivity contribution in [3.63, 3.8) is 0 Å². The molecule has 0 fully saturated rings. The molecule has 0 aliphatic rings. The Morgan fingerprint density at radius 2 is 0.705 bits per heavy atom. The number of imidazole rings is 1. The molecule has 1 aromatic rings. The van der Waals surface area contributed by atoms with Crippen molar-refractivity contribution in [1.29, 1.82) is 0 Å². The molecule has 0 unspecified atom stereocenters. The average Bonchev–Trinajstić information content (AvgIpc) is 3.42. The first-order chi connectivity index (χ1) is 21.8. The summed E-state index contributed by atoms with van der Waals surface area (Å²) in [5.74, 6) is 1.62. The second-order valence-electron chi connectivity index (χ2n) is 14.5. The van der Waals surface area contributed by atoms with Crippen LogP contribution < -0.4 is 4.57 Å². The Hall–Kier alpha value is -0.790. The topological polar surface area (TPSA) is 8.81 Å². The quantitative estimate of drug-likeness (QED) is 0.0524. The summed E-state index contributed by atoms with van der Waals surface area (Å²) in [6.45, 7) is 9.40. The highest BCUT2D eigenvalue weighted by atomic mass is 15.1. The maximum Gasteiger partial charge on any atom is 0.256 e. The van der Waals surface area contributed by atoms with Gasteiger partial charge in [0, 0.05) is 6.42 Å². The molecule has 0 N–H and O–H groups in total. The number of hydrogen-bond donors (Lipinski definition) is 0. The van der Waals surface area contributed by atoms with E-state index in [1.54, 1.807) is 5.82 Å². The lowest BCUT2D eigenvalue weighted by Crippen LogP contribution is -2.37. The molecule has 2 heteroatoms. The van der Waals surface area contributed by atoms with Gasteiger partial charge in [0.1, 0.15) is 12.4 Å². The lowest BCUT2D eigenvalue weighted by atomic mass is 10.0. The molecular formula is C42H83N2+. The molecule has 0 aliphatic carbocycles. The maximum absolute atomic E-state index is 2.63. The van der Waals surface area contributed by atoms with Crippen molar-refractivity contribution in [2.75, 3.05) is 0 Å². The Morgan fingerprint density at radius 1 is 0.386 bits per heavy atom. The SMILES string of the molecule is CCCCCCCCCCCCCCCCCCCc1n(CCCCCCCCCC)cc[n+]1CCCCCCCCCC. The molecule has 0 saturated heterocycles. The highest BCUT2D eigenvalue weighted by Gasteiger charge is 2.16. The number of aryl methyl sites for hydroxylation is 2. The predicted molar refractivity (Wildman–Crippen MR) is 198 cm³/mol. The molecule has 0 aromatic carbocycles. The van der Waals surface area contributed by atoms with Crippen LogP contribution in [0.15, 0.2) is 12.4 Å². The maximum atomic E-state index is 2.63. The summed E-state index contributed by atoms with van der Waals surface area (Å²) in [5, 5.41) is 0. The van der Waals surface area contributed by atoms with Crippen molar-refractivity contribution in [1.82, 2.24) is 4.57 Å². The molecule has 260 valence electrons. The molecular weight excluding hydrogens is 532 g/mol. The zero-order valence-corrected chi connectivity index (χ0v) is 31.0. The third-order valence-electron chi connectivity index (χ3n) is 10.1. The molecule has 0 saturated carbocycles. The molecule has 1 rings (SSSR count). The lowest BCUT2D eigenvalue weighted by Gasteiger charge is -2.07. The normalized spacial score (nSPS) is 11.6. The van der Waals surface area contributed by atoms with Gasteiger partial charge < -0.3 is 0 Å². The summed E-state index contributed by atoms with van der Waals surface area (Å²) in [6.07, 6.45) is 53.4. The highest BCUT2D eigenvalue weighted by molar-refractivity contribution is 4.84. The molecule has 2 nitrogen and oxygen atoms in total. The Labute approximate surface area is 279 Å². The summed E-state index contributed by atoms with van der Waals surface area (Å²) in [4.78, 5) is 0. The number of nitrogens with zero attached hydrogens (tertiary/aromatic N) is 2. The first-order valence-electron chi connectivity index (χ1n) is 20.9. The van der Waals surface area contributed by atoms with Gasteiger partial charge in [0.2, 0.25) is 0 Å². The number of rotatable bonds is 36. The minimum absolute atomic E-state index is 1.23. The third kappa shape index (κ3) is 25.4. The van der Waals surface area contributed by atoms with Crippen molar-refractivity contribution >= 4 is 0 Å². The van der Waals surface area contributed by atoms with Crippen LogP contribution in [0.5, 0.6) is 0 Å². The van der Waals surface area contributed by atoms with Crippen LogP contribution in [0, 0.1) is 0 Å². The molecule has 1 aromatic heterocycles. The van der Waals surface area contributed by atoms with Crippen LogP contribution in [0.25, 0.3) is 0 Å². The number of hydrogen-bond acceptors (Lipinski definition) is 0. The van der Waals surface area contributed by atoms with Crippen LogP contribution in [-0.2, 0) is 19.5 Å². The largest absolute Gasteiger partial charge is 0.256 e. The van der Waals surface area contributed by atoms with Crippen LogP contribution in [-0.4, -0.2) is 4.57 Å². The first kappa shape index (κ1) is 41.2. The zero-order valence-electron chi connectivity index (χ0n) is 31.0. The Morgan fingerprint density at radius 3 is 1.09 bits per heavy atom. The fourth-order valence-electron chi connectivity index (χ4n) is 7.03. The molecule has 0 aliphatic heterocycles. The van der Waals surface area contributed by atoms with Crippen molar-refractivity contribution in [3.8, 4) is 0 Å². The third-order valence-corrected chi connectivity index (χ3v) is 10.1. The molecule has 0 amide bonds. The van der Waals surface area contributed by atoms with Crippen molar-refractivity contribution < 1.29 is 4.57 Å². The van der Waals surface area contributed by atoms with Crippen LogP contribution in [0.3, 0.4) is 0 Å². The first-order valence-corrected chi connectivity index (χ1v) is 20.9. The molecule has 1 heterocycles. The fourth-order valence-corrected chi connectivity index (χ4v) is 7.03. The van der Waals surface area contributed by atoms with Crippen LogP contribution >= 0.6 is 0 Å². The van der Waals surface area contributed by atoms with Gasteiger partial charge in [-0.25, -0.2) is 9.13 Å². The van der Waals surface area contributed by atoms with Gasteiger partial charge in [-0.05, 0) is 32.1 Å². The summed E-state index contributed by atoms with van der Waals surface area (Å²) >= 11 is 0. The summed E-state index contributed by atoms with van der Waals surface area (Å²) in [7, 11) is 0. The van der Waals surface area contributed by atoms with Crippen LogP contribution in [0.2, 0.25) is 0 Å². The second-order valence-corrected chi connectivity index (χ2v) is 14.5. The Kier molecular flexibility index (Phi) is 31.5. The highest BCUT2D eigenvalue weighted by Crippen LogP contribution is 2.16. The Bertz CT molecular complexity index is 640. The molecule has 0 bridgehead atoms. The van der Waals surface area contributed by atoms with E-state index in [4.69, 9.17) is 0 Å². The van der Waals surface area contributed by atoms with Gasteiger partial charge >= 0.3 is 0 Å². The molecule has 0 atom stereocenters. The standard InChI is InChI=1S/C42H83N2/c1-4-7-10-13-16-19-20-21-22-23-24-25-26-27-28-31-34-37-42-43(38-35-32-29-17-14-11-8-5-2)40-41-44(42)39-36-33-30-18-15-12-9-6-3/h40-41H,4-39H2,1-3H3/q+1. The van der Waals surface area contributed by atoms with E-state index < -0.39 is 0 Å². The van der Waals surface area contributed by atoms with E-state index >= 15 is 0 Å². The van der Waals surface area contributed by atoms with Crippen LogP contribution in [0.1, 0.15) is 238 Å². The number of aromatic nitrogens is 2. The minimum Gasteiger partial charge on any atom is -0.234 e. The smallest absolute Gasteiger partial charge is 0.234 e. The van der Waals surface area contributed by atoms with E-state index in [2.05, 4.69) is 42.3 Å². The van der Waals surface area contributed by atoms with E-state index in [9.17, 15) is 0 Å². The molecule has 44 heavy (non-hydrogen) atoms. The second kappa shape index (κ2) is 33.6. The van der Waals surface area contributed by atoms with Gasteiger partial charge in [-0.3, -0.25) is 0 Å². The van der Waals surface area contributed by atoms with Gasteiger partial charge in [0.15, 0.2) is 0 Å². The molecule has 0 radical (unpaired) electrons. The van der Waals surface area contributed by atoms with E-state index in [1.807, 2.05) is 0 Å². The monoisotopic (exact) mass is 616 g/mol. The van der Waals surface area contributed by atoms with Gasteiger partial charge in [0.05, 0.1) is 13.1 Å². The van der Waals surface area contributed by atoms with E-state index in [1.165, 1.54) is 231 Å². The van der Waals surface area contributed by atoms with Crippen molar-refractivity contribution in [2.24, 2.45) is 0 Å². The lowest BCUT2D eigenvalue weighted by molar-refractivity contribution is -0.704. The minimum atomic E-state index is 1.23. The van der Waals surface area contributed by atoms with Gasteiger partial charge in [0.25, 0.3) is 5.82 Å². The van der Waals surface area contributed by atoms with E-state index in [0.717, 1.165) is 0 Å². The zero-order chi connectivity index (χ0) is 31.6. The number of unbranched alkanes of at least 4 members (excludes halogenated alkanes) is 30. The summed E-state index contributed by atoms with van der Waals surface area (Å²) < 4.78 is 5.27. The Balaban J connectivity index is 2.21. The van der Waals surface area contributed by atoms with Crippen LogP contribution in [0.4, 0.5) is 0 Å². The summed E-state index contributed by atoms with van der Waals surface area (Å²) in [5.41, 5.74) is 0. The van der Waals surface area contributed by atoms with Gasteiger partial charge in [-0.15, -0.1) is 0 Å². The van der Waals surface area contributed by atoms with Gasteiger partial charge in [-0.1, -0.05) is 201 Å². The predicted octanol–water partition coefficient (Wildman–Crippen LogP) is 14.3. The fraction of sp³-hybridized carbons (Fsp3) is 0.929.